The molecule has 0 atom stereocenters. The molecule has 0 saturated heterocycles. The quantitative estimate of drug-likeness (QED) is 0.849. The lowest BCUT2D eigenvalue weighted by Crippen LogP contribution is -2.29. The molecule has 0 fully saturated rings. The fourth-order valence-corrected chi connectivity index (χ4v) is 2.39. The number of rotatable bonds is 3. The molecule has 0 radical (unpaired) electrons. The van der Waals surface area contributed by atoms with E-state index in [0.717, 1.165) is 22.6 Å². The Morgan fingerprint density at radius 2 is 1.90 bits per heavy atom. The van der Waals surface area contributed by atoms with Crippen LogP contribution >= 0.6 is 0 Å². The summed E-state index contributed by atoms with van der Waals surface area (Å²) in [5.74, 6) is -0.0230. The molecule has 6 heteroatoms. The summed E-state index contributed by atoms with van der Waals surface area (Å²) in [6.07, 6.45) is 1.66. The summed E-state index contributed by atoms with van der Waals surface area (Å²) in [6.45, 7) is 6.38. The van der Waals surface area contributed by atoms with Crippen LogP contribution in [0.25, 0.3) is 0 Å². The van der Waals surface area contributed by atoms with Crippen molar-refractivity contribution in [1.82, 2.24) is 24.2 Å². The smallest absolute Gasteiger partial charge is 0.272 e. The first-order chi connectivity index (χ1) is 9.32. The zero-order chi connectivity index (χ0) is 15.0. The molecule has 1 amide bonds. The number of aromatic nitrogens is 4. The van der Waals surface area contributed by atoms with Crippen LogP contribution in [0.3, 0.4) is 0 Å². The number of carbonyl (C=O) groups excluding carboxylic acids is 1. The molecule has 2 aromatic rings. The number of aryl methyl sites for hydroxylation is 4. The van der Waals surface area contributed by atoms with Crippen LogP contribution < -0.4 is 0 Å². The molecule has 0 spiro atoms. The Bertz CT molecular complexity index is 633. The molecule has 6 nitrogen and oxygen atoms in total. The maximum Gasteiger partial charge on any atom is 0.272 e. The number of hydrogen-bond acceptors (Lipinski definition) is 3. The second-order valence-electron chi connectivity index (χ2n) is 5.22. The van der Waals surface area contributed by atoms with Crippen molar-refractivity contribution in [3.63, 3.8) is 0 Å². The third-order valence-electron chi connectivity index (χ3n) is 3.72. The van der Waals surface area contributed by atoms with Gasteiger partial charge in [0.05, 0.1) is 17.7 Å². The third-order valence-corrected chi connectivity index (χ3v) is 3.72. The van der Waals surface area contributed by atoms with Gasteiger partial charge >= 0.3 is 0 Å². The summed E-state index contributed by atoms with van der Waals surface area (Å²) in [7, 11) is 5.56. The average Bonchev–Trinajstić information content (AvgIpc) is 2.83. The minimum absolute atomic E-state index is 0.0230. The summed E-state index contributed by atoms with van der Waals surface area (Å²) in [4.78, 5) is 18.4. The van der Waals surface area contributed by atoms with E-state index in [1.54, 1.807) is 22.8 Å². The van der Waals surface area contributed by atoms with Crippen molar-refractivity contribution >= 4 is 5.91 Å². The van der Waals surface area contributed by atoms with Crippen LogP contribution in [0.4, 0.5) is 0 Å². The van der Waals surface area contributed by atoms with E-state index in [1.807, 2.05) is 39.5 Å². The monoisotopic (exact) mass is 275 g/mol. The Morgan fingerprint density at radius 3 is 2.35 bits per heavy atom. The average molecular weight is 275 g/mol. The first-order valence-electron chi connectivity index (χ1n) is 6.55. The lowest BCUT2D eigenvalue weighted by molar-refractivity contribution is 0.0774. The molecule has 0 aliphatic carbocycles. The summed E-state index contributed by atoms with van der Waals surface area (Å²) in [5.41, 5.74) is 4.54. The van der Waals surface area contributed by atoms with Gasteiger partial charge in [0, 0.05) is 38.9 Å². The molecule has 0 bridgehead atoms. The van der Waals surface area contributed by atoms with Crippen LogP contribution in [0.2, 0.25) is 0 Å². The summed E-state index contributed by atoms with van der Waals surface area (Å²) < 4.78 is 3.61. The van der Waals surface area contributed by atoms with Crippen molar-refractivity contribution in [3.8, 4) is 0 Å². The fraction of sp³-hybridized carbons (Fsp3) is 0.500. The van der Waals surface area contributed by atoms with E-state index < -0.39 is 0 Å². The second kappa shape index (κ2) is 5.11. The van der Waals surface area contributed by atoms with Gasteiger partial charge in [-0.15, -0.1) is 0 Å². The van der Waals surface area contributed by atoms with Crippen LogP contribution in [-0.4, -0.2) is 37.2 Å². The molecule has 0 unspecified atom stereocenters. The van der Waals surface area contributed by atoms with Gasteiger partial charge in [-0.1, -0.05) is 0 Å². The van der Waals surface area contributed by atoms with E-state index in [2.05, 4.69) is 10.1 Å². The highest BCUT2D eigenvalue weighted by Gasteiger charge is 2.20. The van der Waals surface area contributed by atoms with Crippen molar-refractivity contribution in [2.24, 2.45) is 14.1 Å². The van der Waals surface area contributed by atoms with Crippen LogP contribution in [0.5, 0.6) is 0 Å². The summed E-state index contributed by atoms with van der Waals surface area (Å²) >= 11 is 0. The highest BCUT2D eigenvalue weighted by Crippen LogP contribution is 2.16. The molecular weight excluding hydrogens is 254 g/mol. The van der Waals surface area contributed by atoms with Gasteiger partial charge in [0.25, 0.3) is 5.91 Å². The second-order valence-corrected chi connectivity index (χ2v) is 5.22. The Balaban J connectivity index is 2.24. The van der Waals surface area contributed by atoms with Crippen LogP contribution in [0.15, 0.2) is 6.33 Å². The first-order valence-corrected chi connectivity index (χ1v) is 6.55. The SMILES string of the molecule is Cc1nn(C)c(C)c1CN(C)C(=O)c1c(C)ncn1C. The molecule has 0 aliphatic heterocycles. The van der Waals surface area contributed by atoms with Crippen molar-refractivity contribution < 1.29 is 4.79 Å². The van der Waals surface area contributed by atoms with E-state index in [9.17, 15) is 4.79 Å². The predicted octanol–water partition coefficient (Wildman–Crippen LogP) is 1.35. The van der Waals surface area contributed by atoms with Gasteiger partial charge in [0.2, 0.25) is 0 Å². The molecule has 108 valence electrons. The van der Waals surface area contributed by atoms with E-state index in [4.69, 9.17) is 0 Å². The van der Waals surface area contributed by atoms with Crippen molar-refractivity contribution in [2.75, 3.05) is 7.05 Å². The van der Waals surface area contributed by atoms with Gasteiger partial charge in [-0.2, -0.15) is 5.10 Å². The minimum Gasteiger partial charge on any atom is -0.336 e. The van der Waals surface area contributed by atoms with Crippen LogP contribution in [-0.2, 0) is 20.6 Å². The zero-order valence-electron chi connectivity index (χ0n) is 12.9. The van der Waals surface area contributed by atoms with Gasteiger partial charge < -0.3 is 9.47 Å². The maximum atomic E-state index is 12.5. The molecule has 2 rings (SSSR count). The van der Waals surface area contributed by atoms with Gasteiger partial charge in [-0.3, -0.25) is 9.48 Å². The number of nitrogens with zero attached hydrogens (tertiary/aromatic N) is 5. The molecular formula is C14H21N5O. The number of amides is 1. The van der Waals surface area contributed by atoms with Crippen LogP contribution in [0.1, 0.15) is 33.1 Å². The zero-order valence-corrected chi connectivity index (χ0v) is 12.9. The van der Waals surface area contributed by atoms with Gasteiger partial charge in [-0.05, 0) is 20.8 Å². The lowest BCUT2D eigenvalue weighted by atomic mass is 10.2. The van der Waals surface area contributed by atoms with Crippen molar-refractivity contribution in [3.05, 3.63) is 34.7 Å². The van der Waals surface area contributed by atoms with E-state index in [1.165, 1.54) is 0 Å². The first kappa shape index (κ1) is 14.3. The predicted molar refractivity (Wildman–Crippen MR) is 76.4 cm³/mol. The highest BCUT2D eigenvalue weighted by atomic mass is 16.2. The van der Waals surface area contributed by atoms with Gasteiger partial charge in [0.15, 0.2) is 0 Å². The summed E-state index contributed by atoms with van der Waals surface area (Å²) in [6, 6.07) is 0. The molecule has 0 saturated carbocycles. The fourth-order valence-electron chi connectivity index (χ4n) is 2.39. The Morgan fingerprint density at radius 1 is 1.25 bits per heavy atom. The number of imidazole rings is 1. The number of hydrogen-bond donors (Lipinski definition) is 0. The van der Waals surface area contributed by atoms with E-state index >= 15 is 0 Å². The molecule has 2 aromatic heterocycles. The molecule has 20 heavy (non-hydrogen) atoms. The normalized spacial score (nSPS) is 10.9. The Kier molecular flexibility index (Phi) is 3.65. The Hall–Kier alpha value is -2.11. The van der Waals surface area contributed by atoms with Crippen molar-refractivity contribution in [2.45, 2.75) is 27.3 Å². The lowest BCUT2D eigenvalue weighted by Gasteiger charge is -2.18. The molecule has 0 aromatic carbocycles. The van der Waals surface area contributed by atoms with Crippen LogP contribution in [0, 0.1) is 20.8 Å². The summed E-state index contributed by atoms with van der Waals surface area (Å²) in [5, 5.41) is 4.38. The molecule has 2 heterocycles. The van der Waals surface area contributed by atoms with Gasteiger partial charge in [-0.25, -0.2) is 4.98 Å². The Labute approximate surface area is 119 Å². The maximum absolute atomic E-state index is 12.5. The van der Waals surface area contributed by atoms with E-state index in [0.29, 0.717) is 12.2 Å². The highest BCUT2D eigenvalue weighted by molar-refractivity contribution is 5.93. The molecule has 0 aliphatic rings. The molecule has 0 N–H and O–H groups in total. The number of carbonyl (C=O) groups is 1. The standard InChI is InChI=1S/C14H21N5O/c1-9-12(11(3)19(6)16-9)7-17(4)14(20)13-10(2)15-8-18(13)5/h8H,7H2,1-6H3. The largest absolute Gasteiger partial charge is 0.336 e. The van der Waals surface area contributed by atoms with E-state index in [-0.39, 0.29) is 5.91 Å². The minimum atomic E-state index is -0.0230. The van der Waals surface area contributed by atoms with Crippen molar-refractivity contribution in [1.29, 1.82) is 0 Å². The topological polar surface area (TPSA) is 56.0 Å². The third kappa shape index (κ3) is 2.33. The van der Waals surface area contributed by atoms with Gasteiger partial charge in [0.1, 0.15) is 5.69 Å².